The highest BCUT2D eigenvalue weighted by molar-refractivity contribution is 5.42. The summed E-state index contributed by atoms with van der Waals surface area (Å²) in [6.45, 7) is 8.88. The van der Waals surface area contributed by atoms with Gasteiger partial charge in [0.05, 0.1) is 5.69 Å². The lowest BCUT2D eigenvalue weighted by atomic mass is 9.86. The Morgan fingerprint density at radius 1 is 1.20 bits per heavy atom. The van der Waals surface area contributed by atoms with E-state index in [1.807, 2.05) is 13.0 Å². The van der Waals surface area contributed by atoms with Gasteiger partial charge in [0.25, 0.3) is 0 Å². The van der Waals surface area contributed by atoms with Crippen LogP contribution in [-0.2, 0) is 12.0 Å². The van der Waals surface area contributed by atoms with E-state index in [9.17, 15) is 0 Å². The summed E-state index contributed by atoms with van der Waals surface area (Å²) in [6.07, 6.45) is 1.66. The standard InChI is InChI=1S/C16H21N3O/c1-11-5-6-13(16(2,3)4)14(9-11)20-15-18-8-7-12(10-17)19-15/h5-9H,10,17H2,1-4H3. The first-order valence-corrected chi connectivity index (χ1v) is 6.71. The van der Waals surface area contributed by atoms with Gasteiger partial charge >= 0.3 is 6.01 Å². The van der Waals surface area contributed by atoms with Gasteiger partial charge in [0.1, 0.15) is 5.75 Å². The van der Waals surface area contributed by atoms with Crippen molar-refractivity contribution in [1.29, 1.82) is 0 Å². The average molecular weight is 271 g/mol. The van der Waals surface area contributed by atoms with Gasteiger partial charge in [-0.3, -0.25) is 0 Å². The van der Waals surface area contributed by atoms with Crippen molar-refractivity contribution in [2.24, 2.45) is 5.73 Å². The van der Waals surface area contributed by atoms with E-state index < -0.39 is 0 Å². The molecule has 0 spiro atoms. The number of benzene rings is 1. The lowest BCUT2D eigenvalue weighted by molar-refractivity contribution is 0.420. The van der Waals surface area contributed by atoms with Crippen LogP contribution in [0, 0.1) is 6.92 Å². The molecule has 0 bridgehead atoms. The summed E-state index contributed by atoms with van der Waals surface area (Å²) >= 11 is 0. The fourth-order valence-corrected chi connectivity index (χ4v) is 1.97. The van der Waals surface area contributed by atoms with Crippen LogP contribution in [0.3, 0.4) is 0 Å². The van der Waals surface area contributed by atoms with Crippen molar-refractivity contribution >= 4 is 0 Å². The Morgan fingerprint density at radius 3 is 2.60 bits per heavy atom. The Morgan fingerprint density at radius 2 is 1.95 bits per heavy atom. The second kappa shape index (κ2) is 5.59. The number of ether oxygens (including phenoxy) is 1. The molecular weight excluding hydrogens is 250 g/mol. The molecule has 0 aliphatic carbocycles. The van der Waals surface area contributed by atoms with Gasteiger partial charge in [-0.1, -0.05) is 32.9 Å². The number of nitrogens with zero attached hydrogens (tertiary/aromatic N) is 2. The number of hydrogen-bond acceptors (Lipinski definition) is 4. The molecule has 2 rings (SSSR count). The third kappa shape index (κ3) is 3.33. The minimum absolute atomic E-state index is 0.00545. The molecule has 0 saturated heterocycles. The zero-order chi connectivity index (χ0) is 14.8. The van der Waals surface area contributed by atoms with Gasteiger partial charge in [-0.25, -0.2) is 4.98 Å². The quantitative estimate of drug-likeness (QED) is 0.930. The number of aryl methyl sites for hydroxylation is 1. The van der Waals surface area contributed by atoms with Crippen LogP contribution in [0.5, 0.6) is 11.8 Å². The van der Waals surface area contributed by atoms with Crippen molar-refractivity contribution in [1.82, 2.24) is 9.97 Å². The normalized spacial score (nSPS) is 11.4. The molecular formula is C16H21N3O. The minimum atomic E-state index is -0.00545. The van der Waals surface area contributed by atoms with E-state index in [2.05, 4.69) is 42.9 Å². The topological polar surface area (TPSA) is 61.0 Å². The van der Waals surface area contributed by atoms with Crippen LogP contribution in [0.1, 0.15) is 37.6 Å². The second-order valence-electron chi connectivity index (χ2n) is 5.89. The third-order valence-corrected chi connectivity index (χ3v) is 3.05. The first-order chi connectivity index (χ1) is 9.40. The Labute approximate surface area is 120 Å². The van der Waals surface area contributed by atoms with Crippen LogP contribution in [0.25, 0.3) is 0 Å². The molecule has 4 nitrogen and oxygen atoms in total. The van der Waals surface area contributed by atoms with Gasteiger partial charge in [0.2, 0.25) is 0 Å². The molecule has 0 fully saturated rings. The first kappa shape index (κ1) is 14.5. The summed E-state index contributed by atoms with van der Waals surface area (Å²) < 4.78 is 5.88. The maximum absolute atomic E-state index is 5.88. The number of hydrogen-bond donors (Lipinski definition) is 1. The molecule has 0 aliphatic heterocycles. The fourth-order valence-electron chi connectivity index (χ4n) is 1.97. The molecule has 2 aromatic rings. The minimum Gasteiger partial charge on any atom is -0.424 e. The van der Waals surface area contributed by atoms with Crippen molar-refractivity contribution in [3.63, 3.8) is 0 Å². The summed E-state index contributed by atoms with van der Waals surface area (Å²) in [4.78, 5) is 8.43. The Balaban J connectivity index is 2.39. The third-order valence-electron chi connectivity index (χ3n) is 3.05. The van der Waals surface area contributed by atoms with Crippen LogP contribution in [0.2, 0.25) is 0 Å². The maximum Gasteiger partial charge on any atom is 0.322 e. The van der Waals surface area contributed by atoms with Crippen LogP contribution in [0.4, 0.5) is 0 Å². The number of aromatic nitrogens is 2. The Hall–Kier alpha value is -1.94. The maximum atomic E-state index is 5.88. The van der Waals surface area contributed by atoms with Crippen molar-refractivity contribution in [2.45, 2.75) is 39.7 Å². The molecule has 106 valence electrons. The number of nitrogens with two attached hydrogens (primary N) is 1. The molecule has 1 heterocycles. The smallest absolute Gasteiger partial charge is 0.322 e. The molecule has 0 aliphatic rings. The van der Waals surface area contributed by atoms with E-state index in [0.29, 0.717) is 12.6 Å². The summed E-state index contributed by atoms with van der Waals surface area (Å²) in [7, 11) is 0. The highest BCUT2D eigenvalue weighted by Crippen LogP contribution is 2.33. The molecule has 4 heteroatoms. The summed E-state index contributed by atoms with van der Waals surface area (Å²) in [6, 6.07) is 8.32. The van der Waals surface area contributed by atoms with Crippen LogP contribution >= 0.6 is 0 Å². The Bertz CT molecular complexity index is 603. The van der Waals surface area contributed by atoms with E-state index in [-0.39, 0.29) is 5.41 Å². The monoisotopic (exact) mass is 271 g/mol. The van der Waals surface area contributed by atoms with E-state index >= 15 is 0 Å². The molecule has 0 amide bonds. The zero-order valence-corrected chi connectivity index (χ0v) is 12.5. The van der Waals surface area contributed by atoms with Crippen molar-refractivity contribution in [3.05, 3.63) is 47.3 Å². The molecule has 0 saturated carbocycles. The van der Waals surface area contributed by atoms with Crippen LogP contribution < -0.4 is 10.5 Å². The summed E-state index contributed by atoms with van der Waals surface area (Å²) in [5.41, 5.74) is 8.62. The highest BCUT2D eigenvalue weighted by atomic mass is 16.5. The first-order valence-electron chi connectivity index (χ1n) is 6.71. The molecule has 2 N–H and O–H groups in total. The van der Waals surface area contributed by atoms with Crippen LogP contribution in [-0.4, -0.2) is 9.97 Å². The van der Waals surface area contributed by atoms with Gasteiger partial charge in [-0.2, -0.15) is 4.98 Å². The number of rotatable bonds is 3. The van der Waals surface area contributed by atoms with Gasteiger partial charge in [-0.15, -0.1) is 0 Å². The summed E-state index contributed by atoms with van der Waals surface area (Å²) in [5, 5.41) is 0. The second-order valence-corrected chi connectivity index (χ2v) is 5.89. The van der Waals surface area contributed by atoms with E-state index in [1.54, 1.807) is 12.3 Å². The predicted octanol–water partition coefficient (Wildman–Crippen LogP) is 3.33. The molecule has 20 heavy (non-hydrogen) atoms. The zero-order valence-electron chi connectivity index (χ0n) is 12.5. The molecule has 0 unspecified atom stereocenters. The molecule has 1 aromatic heterocycles. The van der Waals surface area contributed by atoms with Crippen molar-refractivity contribution in [3.8, 4) is 11.8 Å². The largest absolute Gasteiger partial charge is 0.424 e. The average Bonchev–Trinajstić information content (AvgIpc) is 2.37. The van der Waals surface area contributed by atoms with Gasteiger partial charge < -0.3 is 10.5 Å². The highest BCUT2D eigenvalue weighted by Gasteiger charge is 2.20. The lowest BCUT2D eigenvalue weighted by Gasteiger charge is -2.22. The van der Waals surface area contributed by atoms with E-state index in [4.69, 9.17) is 10.5 Å². The van der Waals surface area contributed by atoms with Gasteiger partial charge in [-0.05, 0) is 30.0 Å². The van der Waals surface area contributed by atoms with Crippen molar-refractivity contribution < 1.29 is 4.74 Å². The van der Waals surface area contributed by atoms with Crippen molar-refractivity contribution in [2.75, 3.05) is 0 Å². The SMILES string of the molecule is Cc1ccc(C(C)(C)C)c(Oc2nccc(CN)n2)c1. The molecule has 0 radical (unpaired) electrons. The molecule has 0 atom stereocenters. The van der Waals surface area contributed by atoms with E-state index in [1.165, 1.54) is 0 Å². The lowest BCUT2D eigenvalue weighted by Crippen LogP contribution is -2.13. The van der Waals surface area contributed by atoms with E-state index in [0.717, 1.165) is 22.6 Å². The van der Waals surface area contributed by atoms with Crippen LogP contribution in [0.15, 0.2) is 30.5 Å². The fraction of sp³-hybridized carbons (Fsp3) is 0.375. The van der Waals surface area contributed by atoms with Gasteiger partial charge in [0.15, 0.2) is 0 Å². The Kier molecular flexibility index (Phi) is 4.04. The molecule has 1 aromatic carbocycles. The van der Waals surface area contributed by atoms with Gasteiger partial charge in [0, 0.05) is 18.3 Å². The summed E-state index contributed by atoms with van der Waals surface area (Å²) in [5.74, 6) is 0.798. The predicted molar refractivity (Wildman–Crippen MR) is 79.9 cm³/mol.